The number of halogens is 2. The third-order valence-electron chi connectivity index (χ3n) is 5.06. The molecule has 5 nitrogen and oxygen atoms in total. The van der Waals surface area contributed by atoms with Crippen molar-refractivity contribution >= 4 is 57.2 Å². The zero-order valence-corrected chi connectivity index (χ0v) is 18.5. The van der Waals surface area contributed by atoms with Crippen molar-refractivity contribution in [2.45, 2.75) is 32.1 Å². The molecule has 1 atom stereocenters. The first kappa shape index (κ1) is 20.8. The number of aromatic nitrogens is 1. The standard InChI is InChI=1S/C22H19Cl2N3O2S/c1-12-5-8-15(24)11-17(12)25-21(29)16-3-2-4-18-19(16)26-22(30-18)27-20(28)13-6-9-14(23)10-7-13/h5-11,16H,2-4H2,1H3,(H,25,29)(H,26,27,28). The normalized spacial score (nSPS) is 15.4. The Bertz CT molecular complexity index is 1110. The summed E-state index contributed by atoms with van der Waals surface area (Å²) >= 11 is 13.4. The maximum absolute atomic E-state index is 13.0. The summed E-state index contributed by atoms with van der Waals surface area (Å²) in [6.07, 6.45) is 2.46. The Hall–Kier alpha value is -2.41. The molecule has 0 saturated heterocycles. The fourth-order valence-corrected chi connectivity index (χ4v) is 4.80. The number of hydrogen-bond acceptors (Lipinski definition) is 4. The molecule has 1 unspecified atom stereocenters. The van der Waals surface area contributed by atoms with Gasteiger partial charge in [-0.2, -0.15) is 0 Å². The van der Waals surface area contributed by atoms with Gasteiger partial charge in [-0.05, 0) is 68.1 Å². The molecule has 0 spiro atoms. The summed E-state index contributed by atoms with van der Waals surface area (Å²) in [5, 5.41) is 7.46. The molecule has 154 valence electrons. The summed E-state index contributed by atoms with van der Waals surface area (Å²) in [7, 11) is 0. The molecule has 30 heavy (non-hydrogen) atoms. The molecule has 2 aromatic carbocycles. The first-order valence-electron chi connectivity index (χ1n) is 9.54. The van der Waals surface area contributed by atoms with Crippen molar-refractivity contribution in [3.63, 3.8) is 0 Å². The second kappa shape index (κ2) is 8.76. The smallest absolute Gasteiger partial charge is 0.257 e. The maximum Gasteiger partial charge on any atom is 0.257 e. The van der Waals surface area contributed by atoms with Crippen LogP contribution in [0, 0.1) is 6.92 Å². The second-order valence-electron chi connectivity index (χ2n) is 7.18. The quantitative estimate of drug-likeness (QED) is 0.497. The third kappa shape index (κ3) is 4.51. The Balaban J connectivity index is 1.52. The van der Waals surface area contributed by atoms with Crippen molar-refractivity contribution < 1.29 is 9.59 Å². The summed E-state index contributed by atoms with van der Waals surface area (Å²) < 4.78 is 0. The van der Waals surface area contributed by atoms with E-state index in [4.69, 9.17) is 23.2 Å². The Morgan fingerprint density at radius 2 is 1.80 bits per heavy atom. The minimum Gasteiger partial charge on any atom is -0.325 e. The number of rotatable bonds is 4. The molecular formula is C22H19Cl2N3O2S. The number of nitrogens with zero attached hydrogens (tertiary/aromatic N) is 1. The van der Waals surface area contributed by atoms with Gasteiger partial charge in [-0.1, -0.05) is 29.3 Å². The van der Waals surface area contributed by atoms with E-state index >= 15 is 0 Å². The molecule has 0 bridgehead atoms. The predicted molar refractivity (Wildman–Crippen MR) is 122 cm³/mol. The number of fused-ring (bicyclic) bond motifs is 1. The predicted octanol–water partition coefficient (Wildman–Crippen LogP) is 6.07. The number of amides is 2. The summed E-state index contributed by atoms with van der Waals surface area (Å²) in [5.74, 6) is -0.722. The first-order valence-corrected chi connectivity index (χ1v) is 11.1. The summed E-state index contributed by atoms with van der Waals surface area (Å²) in [5.41, 5.74) is 2.89. The van der Waals surface area contributed by atoms with Gasteiger partial charge in [-0.15, -0.1) is 11.3 Å². The second-order valence-corrected chi connectivity index (χ2v) is 9.14. The molecule has 1 aromatic heterocycles. The molecule has 0 fully saturated rings. The van der Waals surface area contributed by atoms with Crippen LogP contribution in [0.5, 0.6) is 0 Å². The molecule has 8 heteroatoms. The van der Waals surface area contributed by atoms with Gasteiger partial charge in [0.1, 0.15) is 0 Å². The number of thiazole rings is 1. The van der Waals surface area contributed by atoms with Gasteiger partial charge in [0.2, 0.25) is 5.91 Å². The van der Waals surface area contributed by atoms with E-state index in [1.54, 1.807) is 36.4 Å². The number of benzene rings is 2. The molecule has 4 rings (SSSR count). The summed E-state index contributed by atoms with van der Waals surface area (Å²) in [6, 6.07) is 12.1. The Labute approximate surface area is 188 Å². The Kier molecular flexibility index (Phi) is 6.09. The minimum atomic E-state index is -0.357. The first-order chi connectivity index (χ1) is 14.4. The monoisotopic (exact) mass is 459 g/mol. The highest BCUT2D eigenvalue weighted by Crippen LogP contribution is 2.37. The van der Waals surface area contributed by atoms with Crippen LogP contribution in [0.1, 0.15) is 45.3 Å². The lowest BCUT2D eigenvalue weighted by Crippen LogP contribution is -2.25. The van der Waals surface area contributed by atoms with E-state index in [-0.39, 0.29) is 17.7 Å². The van der Waals surface area contributed by atoms with Crippen molar-refractivity contribution in [3.8, 4) is 0 Å². The molecular weight excluding hydrogens is 441 g/mol. The van der Waals surface area contributed by atoms with Crippen molar-refractivity contribution in [2.75, 3.05) is 10.6 Å². The van der Waals surface area contributed by atoms with E-state index in [9.17, 15) is 9.59 Å². The molecule has 1 heterocycles. The average Bonchev–Trinajstić information content (AvgIpc) is 3.13. The summed E-state index contributed by atoms with van der Waals surface area (Å²) in [6.45, 7) is 1.92. The lowest BCUT2D eigenvalue weighted by Gasteiger charge is -2.21. The van der Waals surface area contributed by atoms with Gasteiger partial charge >= 0.3 is 0 Å². The van der Waals surface area contributed by atoms with Gasteiger partial charge in [0.25, 0.3) is 5.91 Å². The van der Waals surface area contributed by atoms with Crippen molar-refractivity contribution in [2.24, 2.45) is 0 Å². The number of carbonyl (C=O) groups is 2. The van der Waals surface area contributed by atoms with Crippen LogP contribution in [0.3, 0.4) is 0 Å². The largest absolute Gasteiger partial charge is 0.325 e. The van der Waals surface area contributed by atoms with E-state index in [1.165, 1.54) is 11.3 Å². The van der Waals surface area contributed by atoms with Crippen LogP contribution in [-0.2, 0) is 11.2 Å². The van der Waals surface area contributed by atoms with Crippen LogP contribution in [-0.4, -0.2) is 16.8 Å². The van der Waals surface area contributed by atoms with Crippen LogP contribution in [0.15, 0.2) is 42.5 Å². The van der Waals surface area contributed by atoms with Gasteiger partial charge in [-0.25, -0.2) is 4.98 Å². The highest BCUT2D eigenvalue weighted by atomic mass is 35.5. The van der Waals surface area contributed by atoms with Crippen molar-refractivity contribution in [1.82, 2.24) is 4.98 Å². The van der Waals surface area contributed by atoms with Crippen LogP contribution in [0.2, 0.25) is 10.0 Å². The van der Waals surface area contributed by atoms with Gasteiger partial charge in [-0.3, -0.25) is 14.9 Å². The van der Waals surface area contributed by atoms with E-state index < -0.39 is 0 Å². The SMILES string of the molecule is Cc1ccc(Cl)cc1NC(=O)C1CCCc2sc(NC(=O)c3ccc(Cl)cc3)nc21. The van der Waals surface area contributed by atoms with Gasteiger partial charge in [0.05, 0.1) is 11.6 Å². The molecule has 2 N–H and O–H groups in total. The Morgan fingerprint density at radius 3 is 2.57 bits per heavy atom. The number of hydrogen-bond donors (Lipinski definition) is 2. The number of aryl methyl sites for hydroxylation is 2. The average molecular weight is 460 g/mol. The van der Waals surface area contributed by atoms with Crippen LogP contribution in [0.25, 0.3) is 0 Å². The van der Waals surface area contributed by atoms with Crippen molar-refractivity contribution in [1.29, 1.82) is 0 Å². The molecule has 2 amide bonds. The van der Waals surface area contributed by atoms with Crippen LogP contribution in [0.4, 0.5) is 10.8 Å². The van der Waals surface area contributed by atoms with E-state index in [2.05, 4.69) is 15.6 Å². The molecule has 0 saturated carbocycles. The van der Waals surface area contributed by atoms with E-state index in [0.29, 0.717) is 32.8 Å². The van der Waals surface area contributed by atoms with Gasteiger partial charge in [0, 0.05) is 26.2 Å². The van der Waals surface area contributed by atoms with Crippen LogP contribution >= 0.6 is 34.5 Å². The third-order valence-corrected chi connectivity index (χ3v) is 6.59. The fourth-order valence-electron chi connectivity index (χ4n) is 3.45. The summed E-state index contributed by atoms with van der Waals surface area (Å²) in [4.78, 5) is 31.1. The maximum atomic E-state index is 13.0. The molecule has 1 aliphatic carbocycles. The number of nitrogens with one attached hydrogen (secondary N) is 2. The fraction of sp³-hybridized carbons (Fsp3) is 0.227. The number of anilines is 2. The molecule has 0 radical (unpaired) electrons. The number of carbonyl (C=O) groups excluding carboxylic acids is 2. The van der Waals surface area contributed by atoms with Gasteiger partial charge < -0.3 is 5.32 Å². The topological polar surface area (TPSA) is 71.1 Å². The zero-order chi connectivity index (χ0) is 21.3. The van der Waals surface area contributed by atoms with Crippen LogP contribution < -0.4 is 10.6 Å². The molecule has 3 aromatic rings. The molecule has 0 aliphatic heterocycles. The van der Waals surface area contributed by atoms with E-state index in [0.717, 1.165) is 29.0 Å². The van der Waals surface area contributed by atoms with Crippen molar-refractivity contribution in [3.05, 3.63) is 74.2 Å². The lowest BCUT2D eigenvalue weighted by atomic mass is 9.90. The van der Waals surface area contributed by atoms with Gasteiger partial charge in [0.15, 0.2) is 5.13 Å². The Morgan fingerprint density at radius 1 is 1.07 bits per heavy atom. The van der Waals surface area contributed by atoms with E-state index in [1.807, 2.05) is 13.0 Å². The molecule has 1 aliphatic rings. The minimum absolute atomic E-state index is 0.109. The highest BCUT2D eigenvalue weighted by Gasteiger charge is 2.31. The lowest BCUT2D eigenvalue weighted by molar-refractivity contribution is -0.117. The zero-order valence-electron chi connectivity index (χ0n) is 16.2. The highest BCUT2D eigenvalue weighted by molar-refractivity contribution is 7.16.